The molecule has 4 aliphatic rings. The lowest BCUT2D eigenvalue weighted by Crippen LogP contribution is -2.51. The number of allylic oxidation sites excluding steroid dienone is 1. The average molecular weight is 656 g/mol. The Hall–Kier alpha value is -3.55. The number of carbonyl (C=O) groups excluding carboxylic acids is 1. The van der Waals surface area contributed by atoms with Gasteiger partial charge in [-0.1, -0.05) is 65.5 Å². The smallest absolute Gasteiger partial charge is 0.430 e. The van der Waals surface area contributed by atoms with Crippen molar-refractivity contribution < 1.29 is 19.2 Å². The molecule has 6 rings (SSSR count). The lowest BCUT2D eigenvalue weighted by Gasteiger charge is -2.58. The highest BCUT2D eigenvalue weighted by molar-refractivity contribution is 5.64. The first-order valence-electron chi connectivity index (χ1n) is 18.3. The number of rotatable bonds is 10. The number of carbonyl (C=O) groups is 1. The average Bonchev–Trinajstić information content (AvgIpc) is 3.42. The van der Waals surface area contributed by atoms with Crippen LogP contribution in [0.25, 0.3) is 0 Å². The van der Waals surface area contributed by atoms with E-state index in [2.05, 4.69) is 50.9 Å². The summed E-state index contributed by atoms with van der Waals surface area (Å²) in [6.07, 6.45) is 15.2. The summed E-state index contributed by atoms with van der Waals surface area (Å²) < 4.78 is 11.4. The van der Waals surface area contributed by atoms with Crippen molar-refractivity contribution in [3.63, 3.8) is 0 Å². The lowest BCUT2D eigenvalue weighted by atomic mass is 9.47. The molecule has 8 nitrogen and oxygen atoms in total. The monoisotopic (exact) mass is 655 g/mol. The van der Waals surface area contributed by atoms with Crippen molar-refractivity contribution >= 4 is 23.2 Å². The Morgan fingerprint density at radius 1 is 0.917 bits per heavy atom. The van der Waals surface area contributed by atoms with Crippen molar-refractivity contribution in [2.24, 2.45) is 56.6 Å². The minimum absolute atomic E-state index is 0.000231. The molecule has 3 fully saturated rings. The van der Waals surface area contributed by atoms with Gasteiger partial charge in [0.05, 0.1) is 16.3 Å². The maximum absolute atomic E-state index is 12.8. The molecule has 2 aromatic carbocycles. The largest absolute Gasteiger partial charge is 0.514 e. The summed E-state index contributed by atoms with van der Waals surface area (Å²) in [4.78, 5) is 23.2. The SMILES string of the molecule is CC(C)CCC[C@@H](C)[C@H]1CC[C@H]2[C@@H]3CC=C4C[C@@H](OC(=O)Oc5ccc(N=Nc6ccc([N+](=O)[O-])cc6)cc5)CC[C@]4(C)[C@H]3CC[C@]12C. The van der Waals surface area contributed by atoms with Crippen LogP contribution in [0.3, 0.4) is 0 Å². The number of fused-ring (bicyclic) bond motifs is 5. The van der Waals surface area contributed by atoms with Gasteiger partial charge in [0.1, 0.15) is 11.9 Å². The Labute approximate surface area is 285 Å². The first-order valence-corrected chi connectivity index (χ1v) is 18.3. The molecule has 258 valence electrons. The van der Waals surface area contributed by atoms with Crippen LogP contribution in [0.2, 0.25) is 0 Å². The van der Waals surface area contributed by atoms with Crippen molar-refractivity contribution in [2.75, 3.05) is 0 Å². The molecule has 0 amide bonds. The van der Waals surface area contributed by atoms with E-state index in [-0.39, 0.29) is 17.2 Å². The highest BCUT2D eigenvalue weighted by Crippen LogP contribution is 2.67. The second-order valence-electron chi connectivity index (χ2n) is 16.1. The number of hydrogen-bond donors (Lipinski definition) is 0. The van der Waals surface area contributed by atoms with E-state index in [0.717, 1.165) is 54.8 Å². The van der Waals surface area contributed by atoms with Gasteiger partial charge in [0, 0.05) is 18.6 Å². The summed E-state index contributed by atoms with van der Waals surface area (Å²) in [6, 6.07) is 12.6. The van der Waals surface area contributed by atoms with E-state index < -0.39 is 11.1 Å². The summed E-state index contributed by atoms with van der Waals surface area (Å²) in [7, 11) is 0. The third-order valence-corrected chi connectivity index (χ3v) is 12.9. The summed E-state index contributed by atoms with van der Waals surface area (Å²) in [5.41, 5.74) is 3.25. The van der Waals surface area contributed by atoms with E-state index >= 15 is 0 Å². The molecular formula is C40H53N3O5. The van der Waals surface area contributed by atoms with Crippen molar-refractivity contribution in [3.05, 3.63) is 70.3 Å². The molecule has 3 saturated carbocycles. The molecule has 0 bridgehead atoms. The predicted molar refractivity (Wildman–Crippen MR) is 188 cm³/mol. The van der Waals surface area contributed by atoms with Crippen molar-refractivity contribution in [2.45, 2.75) is 111 Å². The fourth-order valence-electron chi connectivity index (χ4n) is 10.3. The minimum Gasteiger partial charge on any atom is -0.430 e. The van der Waals surface area contributed by atoms with E-state index in [1.807, 2.05) is 0 Å². The number of nitrogens with zero attached hydrogens (tertiary/aromatic N) is 3. The number of benzene rings is 2. The number of nitro groups is 1. The van der Waals surface area contributed by atoms with Gasteiger partial charge in [-0.05, 0) is 128 Å². The first-order chi connectivity index (χ1) is 23.0. The van der Waals surface area contributed by atoms with Crippen LogP contribution in [0.4, 0.5) is 21.9 Å². The van der Waals surface area contributed by atoms with E-state index in [9.17, 15) is 14.9 Å². The van der Waals surface area contributed by atoms with Crippen LogP contribution in [0.1, 0.15) is 105 Å². The number of non-ortho nitro benzene ring substituents is 1. The van der Waals surface area contributed by atoms with Crippen molar-refractivity contribution in [3.8, 4) is 5.75 Å². The molecule has 0 aromatic heterocycles. The highest BCUT2D eigenvalue weighted by Gasteiger charge is 2.59. The first kappa shape index (κ1) is 34.3. The summed E-state index contributed by atoms with van der Waals surface area (Å²) in [5.74, 6) is 5.22. The predicted octanol–water partition coefficient (Wildman–Crippen LogP) is 11.9. The number of nitro benzene ring substituents is 1. The zero-order valence-corrected chi connectivity index (χ0v) is 29.4. The van der Waals surface area contributed by atoms with E-state index in [1.54, 1.807) is 24.3 Å². The van der Waals surface area contributed by atoms with Gasteiger partial charge >= 0.3 is 6.16 Å². The quantitative estimate of drug-likeness (QED) is 0.0632. The second-order valence-corrected chi connectivity index (χ2v) is 16.1. The lowest BCUT2D eigenvalue weighted by molar-refractivity contribution is -0.384. The maximum atomic E-state index is 12.8. The van der Waals surface area contributed by atoms with E-state index in [0.29, 0.717) is 22.5 Å². The van der Waals surface area contributed by atoms with Crippen LogP contribution in [-0.4, -0.2) is 17.2 Å². The second kappa shape index (κ2) is 14.1. The zero-order chi connectivity index (χ0) is 34.1. The van der Waals surface area contributed by atoms with Gasteiger partial charge in [0.2, 0.25) is 0 Å². The van der Waals surface area contributed by atoms with Gasteiger partial charge < -0.3 is 9.47 Å². The molecule has 0 N–H and O–H groups in total. The molecule has 48 heavy (non-hydrogen) atoms. The fraction of sp³-hybridized carbons (Fsp3) is 0.625. The molecule has 0 radical (unpaired) electrons. The van der Waals surface area contributed by atoms with Crippen LogP contribution in [0, 0.1) is 56.5 Å². The summed E-state index contributed by atoms with van der Waals surface area (Å²) in [5, 5.41) is 19.1. The third kappa shape index (κ3) is 7.09. The van der Waals surface area contributed by atoms with Gasteiger partial charge in [-0.25, -0.2) is 4.79 Å². The summed E-state index contributed by atoms with van der Waals surface area (Å²) >= 11 is 0. The highest BCUT2D eigenvalue weighted by atomic mass is 16.7. The van der Waals surface area contributed by atoms with Gasteiger partial charge in [0.25, 0.3) is 5.69 Å². The third-order valence-electron chi connectivity index (χ3n) is 12.9. The Bertz CT molecular complexity index is 1520. The molecule has 0 saturated heterocycles. The normalized spacial score (nSPS) is 31.8. The number of hydrogen-bond acceptors (Lipinski definition) is 7. The molecular weight excluding hydrogens is 602 g/mol. The van der Waals surface area contributed by atoms with Crippen LogP contribution < -0.4 is 4.74 Å². The Balaban J connectivity index is 1.02. The molecule has 2 aromatic rings. The van der Waals surface area contributed by atoms with Crippen LogP contribution in [0.15, 0.2) is 70.4 Å². The molecule has 4 aliphatic carbocycles. The fourth-order valence-corrected chi connectivity index (χ4v) is 10.3. The van der Waals surface area contributed by atoms with E-state index in [4.69, 9.17) is 9.47 Å². The molecule has 8 atom stereocenters. The minimum atomic E-state index is -0.675. The van der Waals surface area contributed by atoms with Gasteiger partial charge in [-0.3, -0.25) is 10.1 Å². The van der Waals surface area contributed by atoms with Crippen molar-refractivity contribution in [1.29, 1.82) is 0 Å². The molecule has 0 spiro atoms. The van der Waals surface area contributed by atoms with Crippen LogP contribution in [-0.2, 0) is 4.74 Å². The maximum Gasteiger partial charge on any atom is 0.514 e. The number of azo groups is 1. The molecule has 0 heterocycles. The van der Waals surface area contributed by atoms with E-state index in [1.165, 1.54) is 81.2 Å². The Kier molecular flexibility index (Phi) is 10.1. The van der Waals surface area contributed by atoms with Crippen LogP contribution >= 0.6 is 0 Å². The molecule has 8 heteroatoms. The Morgan fingerprint density at radius 2 is 1.60 bits per heavy atom. The van der Waals surface area contributed by atoms with Crippen LogP contribution in [0.5, 0.6) is 5.75 Å². The van der Waals surface area contributed by atoms with Gasteiger partial charge in [0.15, 0.2) is 0 Å². The summed E-state index contributed by atoms with van der Waals surface area (Å²) in [6.45, 7) is 12.4. The van der Waals surface area contributed by atoms with Crippen molar-refractivity contribution in [1.82, 2.24) is 0 Å². The number of ether oxygens (including phenoxy) is 2. The molecule has 0 unspecified atom stereocenters. The standard InChI is InChI=1S/C40H53N3O5/c1-26(2)7-6-8-27(3)35-19-20-36-34-18-9-28-25-33(21-23-39(28,4)37(34)22-24-40(35,36)5)48-38(44)47-32-16-12-30(13-17-32)42-41-29-10-14-31(15-11-29)43(45)46/h9-17,26-27,33-37H,6-8,18-25H2,1-5H3/t27-,33+,34+,35-,36+,37+,39+,40-/m1/s1. The Morgan fingerprint density at radius 3 is 2.27 bits per heavy atom. The van der Waals surface area contributed by atoms with Gasteiger partial charge in [-0.15, -0.1) is 0 Å². The zero-order valence-electron chi connectivity index (χ0n) is 29.4. The molecule has 0 aliphatic heterocycles. The van der Waals surface area contributed by atoms with Gasteiger partial charge in [-0.2, -0.15) is 10.2 Å². The topological polar surface area (TPSA) is 103 Å².